The fourth-order valence-corrected chi connectivity index (χ4v) is 3.29. The van der Waals surface area contributed by atoms with Gasteiger partial charge in [0.15, 0.2) is 0 Å². The van der Waals surface area contributed by atoms with E-state index in [-0.39, 0.29) is 12.6 Å². The highest BCUT2D eigenvalue weighted by molar-refractivity contribution is 7.17. The highest BCUT2D eigenvalue weighted by atomic mass is 32.1. The first-order valence-electron chi connectivity index (χ1n) is 6.87. The van der Waals surface area contributed by atoms with Gasteiger partial charge in [-0.05, 0) is 48.2 Å². The second-order valence-corrected chi connectivity index (χ2v) is 5.63. The number of nitrogens with two attached hydrogens (primary N) is 1. The molecule has 0 aliphatic heterocycles. The number of aliphatic hydroxyl groups is 1. The van der Waals surface area contributed by atoms with Crippen LogP contribution in [0.25, 0.3) is 10.1 Å². The van der Waals surface area contributed by atoms with E-state index in [4.69, 9.17) is 10.8 Å². The van der Waals surface area contributed by atoms with E-state index in [1.54, 1.807) is 11.3 Å². The van der Waals surface area contributed by atoms with Crippen molar-refractivity contribution in [1.82, 2.24) is 5.32 Å². The molecule has 104 valence electrons. The van der Waals surface area contributed by atoms with Gasteiger partial charge in [-0.1, -0.05) is 18.2 Å². The number of nitrogens with one attached hydrogen (secondary N) is 1. The van der Waals surface area contributed by atoms with Crippen molar-refractivity contribution in [1.29, 1.82) is 0 Å². The van der Waals surface area contributed by atoms with Crippen LogP contribution in [-0.2, 0) is 0 Å². The van der Waals surface area contributed by atoms with Crippen LogP contribution in [-0.4, -0.2) is 24.8 Å². The Labute approximate surface area is 118 Å². The van der Waals surface area contributed by atoms with Crippen LogP contribution in [0.2, 0.25) is 0 Å². The second kappa shape index (κ2) is 7.60. The molecule has 1 heterocycles. The zero-order valence-electron chi connectivity index (χ0n) is 11.1. The molecule has 0 aliphatic rings. The van der Waals surface area contributed by atoms with Gasteiger partial charge >= 0.3 is 0 Å². The number of benzene rings is 1. The standard InChI is InChI=1S/C15H22N2OS/c16-10-14(17-8-4-1-5-9-18)13-11-19-15-7-3-2-6-12(13)15/h2-3,6-7,11,14,17-18H,1,4-5,8-10,16H2. The molecule has 0 aliphatic carbocycles. The topological polar surface area (TPSA) is 58.3 Å². The lowest BCUT2D eigenvalue weighted by molar-refractivity contribution is 0.282. The Hall–Kier alpha value is -0.940. The molecule has 0 spiro atoms. The number of aliphatic hydroxyl groups excluding tert-OH is 1. The predicted molar refractivity (Wildman–Crippen MR) is 82.6 cm³/mol. The van der Waals surface area contributed by atoms with E-state index >= 15 is 0 Å². The number of thiophene rings is 1. The fraction of sp³-hybridized carbons (Fsp3) is 0.467. The summed E-state index contributed by atoms with van der Waals surface area (Å²) in [6, 6.07) is 8.69. The van der Waals surface area contributed by atoms with Gasteiger partial charge in [0.05, 0.1) is 0 Å². The minimum Gasteiger partial charge on any atom is -0.396 e. The molecule has 2 rings (SSSR count). The van der Waals surface area contributed by atoms with Gasteiger partial charge in [0.2, 0.25) is 0 Å². The minimum atomic E-state index is 0.227. The van der Waals surface area contributed by atoms with Crippen molar-refractivity contribution in [3.63, 3.8) is 0 Å². The average molecular weight is 278 g/mol. The molecule has 19 heavy (non-hydrogen) atoms. The normalized spacial score (nSPS) is 12.9. The van der Waals surface area contributed by atoms with Crippen molar-refractivity contribution in [2.75, 3.05) is 19.7 Å². The third-order valence-corrected chi connectivity index (χ3v) is 4.33. The first kappa shape index (κ1) is 14.5. The first-order chi connectivity index (χ1) is 9.36. The van der Waals surface area contributed by atoms with Crippen LogP contribution in [0.5, 0.6) is 0 Å². The summed E-state index contributed by atoms with van der Waals surface area (Å²) >= 11 is 1.78. The SMILES string of the molecule is NCC(NCCCCCO)c1csc2ccccc12. The lowest BCUT2D eigenvalue weighted by Crippen LogP contribution is -2.28. The molecule has 0 fully saturated rings. The maximum absolute atomic E-state index is 8.75. The highest BCUT2D eigenvalue weighted by Crippen LogP contribution is 2.29. The Bertz CT molecular complexity index is 498. The highest BCUT2D eigenvalue weighted by Gasteiger charge is 2.13. The van der Waals surface area contributed by atoms with Gasteiger partial charge < -0.3 is 16.2 Å². The van der Waals surface area contributed by atoms with E-state index in [0.29, 0.717) is 6.54 Å². The molecule has 0 bridgehead atoms. The van der Waals surface area contributed by atoms with Crippen LogP contribution in [0.4, 0.5) is 0 Å². The molecule has 4 heteroatoms. The van der Waals surface area contributed by atoms with Crippen LogP contribution in [0, 0.1) is 0 Å². The van der Waals surface area contributed by atoms with Crippen molar-refractivity contribution in [3.05, 3.63) is 35.2 Å². The molecule has 0 amide bonds. The summed E-state index contributed by atoms with van der Waals surface area (Å²) in [5, 5.41) is 15.8. The van der Waals surface area contributed by atoms with Gasteiger partial charge in [-0.3, -0.25) is 0 Å². The Morgan fingerprint density at radius 3 is 2.84 bits per heavy atom. The molecule has 4 N–H and O–H groups in total. The van der Waals surface area contributed by atoms with Gasteiger partial charge in [-0.15, -0.1) is 11.3 Å². The smallest absolute Gasteiger partial charge is 0.0459 e. The van der Waals surface area contributed by atoms with Crippen molar-refractivity contribution in [3.8, 4) is 0 Å². The molecule has 0 radical (unpaired) electrons. The Balaban J connectivity index is 1.97. The van der Waals surface area contributed by atoms with E-state index in [9.17, 15) is 0 Å². The van der Waals surface area contributed by atoms with Crippen molar-refractivity contribution < 1.29 is 5.11 Å². The number of unbranched alkanes of at least 4 members (excludes halogenated alkanes) is 2. The molecular formula is C15H22N2OS. The number of fused-ring (bicyclic) bond motifs is 1. The third-order valence-electron chi connectivity index (χ3n) is 3.35. The lowest BCUT2D eigenvalue weighted by atomic mass is 10.1. The average Bonchev–Trinajstić information content (AvgIpc) is 2.87. The molecule has 1 atom stereocenters. The quantitative estimate of drug-likeness (QED) is 0.651. The third kappa shape index (κ3) is 3.76. The summed E-state index contributed by atoms with van der Waals surface area (Å²) in [5.41, 5.74) is 7.21. The molecule has 3 nitrogen and oxygen atoms in total. The molecule has 1 aromatic carbocycles. The zero-order chi connectivity index (χ0) is 13.5. The fourth-order valence-electron chi connectivity index (χ4n) is 2.28. The zero-order valence-corrected chi connectivity index (χ0v) is 12.0. The molecule has 0 saturated heterocycles. The van der Waals surface area contributed by atoms with E-state index in [0.717, 1.165) is 25.8 Å². The molecular weight excluding hydrogens is 256 g/mol. The maximum Gasteiger partial charge on any atom is 0.0459 e. The van der Waals surface area contributed by atoms with Crippen molar-refractivity contribution >= 4 is 21.4 Å². The van der Waals surface area contributed by atoms with Crippen LogP contribution in [0.1, 0.15) is 30.9 Å². The van der Waals surface area contributed by atoms with Gasteiger partial charge in [0.25, 0.3) is 0 Å². The monoisotopic (exact) mass is 278 g/mol. The Morgan fingerprint density at radius 1 is 1.21 bits per heavy atom. The summed E-state index contributed by atoms with van der Waals surface area (Å²) < 4.78 is 1.32. The number of hydrogen-bond donors (Lipinski definition) is 3. The Morgan fingerprint density at radius 2 is 2.05 bits per heavy atom. The molecule has 2 aromatic rings. The van der Waals surface area contributed by atoms with Crippen LogP contribution >= 0.6 is 11.3 Å². The minimum absolute atomic E-state index is 0.227. The van der Waals surface area contributed by atoms with Gasteiger partial charge in [-0.25, -0.2) is 0 Å². The van der Waals surface area contributed by atoms with E-state index in [2.05, 4.69) is 35.0 Å². The summed E-state index contributed by atoms with van der Waals surface area (Å²) in [5.74, 6) is 0. The van der Waals surface area contributed by atoms with Gasteiger partial charge in [0, 0.05) is 23.9 Å². The molecule has 1 aromatic heterocycles. The van der Waals surface area contributed by atoms with E-state index in [1.807, 2.05) is 0 Å². The number of hydrogen-bond acceptors (Lipinski definition) is 4. The second-order valence-electron chi connectivity index (χ2n) is 4.71. The van der Waals surface area contributed by atoms with E-state index < -0.39 is 0 Å². The first-order valence-corrected chi connectivity index (χ1v) is 7.75. The van der Waals surface area contributed by atoms with Crippen molar-refractivity contribution in [2.24, 2.45) is 5.73 Å². The van der Waals surface area contributed by atoms with Crippen LogP contribution < -0.4 is 11.1 Å². The van der Waals surface area contributed by atoms with Crippen LogP contribution in [0.15, 0.2) is 29.6 Å². The summed E-state index contributed by atoms with van der Waals surface area (Å²) in [6.07, 6.45) is 3.03. The van der Waals surface area contributed by atoms with Gasteiger partial charge in [-0.2, -0.15) is 0 Å². The van der Waals surface area contributed by atoms with Crippen LogP contribution in [0.3, 0.4) is 0 Å². The molecule has 1 unspecified atom stereocenters. The van der Waals surface area contributed by atoms with E-state index in [1.165, 1.54) is 15.6 Å². The largest absolute Gasteiger partial charge is 0.396 e. The summed E-state index contributed by atoms with van der Waals surface area (Å²) in [7, 11) is 0. The number of rotatable bonds is 8. The maximum atomic E-state index is 8.75. The van der Waals surface area contributed by atoms with Gasteiger partial charge in [0.1, 0.15) is 0 Å². The Kier molecular flexibility index (Phi) is 5.79. The summed E-state index contributed by atoms with van der Waals surface area (Å²) in [4.78, 5) is 0. The van der Waals surface area contributed by atoms with Crippen molar-refractivity contribution in [2.45, 2.75) is 25.3 Å². The predicted octanol–water partition coefficient (Wildman–Crippen LogP) is 2.65. The summed E-state index contributed by atoms with van der Waals surface area (Å²) in [6.45, 7) is 1.85. The molecule has 0 saturated carbocycles. The lowest BCUT2D eigenvalue weighted by Gasteiger charge is -2.16.